The maximum Gasteiger partial charge on any atom is 0.250 e. The second-order valence-electron chi connectivity index (χ2n) is 3.19. The Morgan fingerprint density at radius 3 is 2.67 bits per heavy atom. The van der Waals surface area contributed by atoms with E-state index in [0.717, 1.165) is 6.26 Å². The number of sulfone groups is 1. The molecule has 2 N–H and O–H groups in total. The van der Waals surface area contributed by atoms with E-state index in [4.69, 9.17) is 5.73 Å². The Balaban J connectivity index is 2.88. The highest BCUT2D eigenvalue weighted by atomic mass is 32.2. The van der Waals surface area contributed by atoms with Gasteiger partial charge in [0, 0.05) is 13.3 Å². The Bertz CT molecular complexity index is 630. The second kappa shape index (κ2) is 2.89. The first-order valence-corrected chi connectivity index (χ1v) is 5.93. The maximum atomic E-state index is 11.3. The van der Waals surface area contributed by atoms with E-state index in [1.807, 2.05) is 0 Å². The lowest BCUT2D eigenvalue weighted by Crippen LogP contribution is -2.07. The van der Waals surface area contributed by atoms with Gasteiger partial charge in [0.15, 0.2) is 11.5 Å². The summed E-state index contributed by atoms with van der Waals surface area (Å²) in [5.41, 5.74) is 6.39. The van der Waals surface area contributed by atoms with E-state index < -0.39 is 9.84 Å². The molecule has 15 heavy (non-hydrogen) atoms. The van der Waals surface area contributed by atoms with Crippen molar-refractivity contribution < 1.29 is 8.42 Å². The molecule has 0 saturated heterocycles. The molecule has 8 heteroatoms. The number of nitrogens with two attached hydrogens (primary N) is 1. The van der Waals surface area contributed by atoms with Crippen molar-refractivity contribution in [1.82, 2.24) is 19.5 Å². The number of nitrogen functional groups attached to an aromatic ring is 1. The number of hydrogen-bond acceptors (Lipinski definition) is 6. The fourth-order valence-electron chi connectivity index (χ4n) is 1.17. The van der Waals surface area contributed by atoms with Gasteiger partial charge in [0.25, 0.3) is 5.16 Å². The SMILES string of the molecule is Cn1cnc2c(N)nc(S(C)(=O)=O)nc21. The van der Waals surface area contributed by atoms with Gasteiger partial charge in [-0.15, -0.1) is 0 Å². The first-order chi connectivity index (χ1) is 6.89. The first-order valence-electron chi connectivity index (χ1n) is 4.04. The van der Waals surface area contributed by atoms with Crippen LogP contribution in [0.5, 0.6) is 0 Å². The molecule has 80 valence electrons. The molecule has 2 heterocycles. The smallest absolute Gasteiger partial charge is 0.250 e. The first kappa shape index (κ1) is 9.84. The number of fused-ring (bicyclic) bond motifs is 1. The van der Waals surface area contributed by atoms with Gasteiger partial charge < -0.3 is 10.3 Å². The lowest BCUT2D eigenvalue weighted by atomic mass is 10.5. The number of hydrogen-bond donors (Lipinski definition) is 1. The average molecular weight is 227 g/mol. The molecule has 0 unspecified atom stereocenters. The molecule has 2 aromatic rings. The normalized spacial score (nSPS) is 12.1. The zero-order valence-electron chi connectivity index (χ0n) is 8.17. The van der Waals surface area contributed by atoms with E-state index in [-0.39, 0.29) is 11.0 Å². The molecule has 0 spiro atoms. The molecule has 0 aliphatic carbocycles. The molecule has 0 saturated carbocycles. The number of anilines is 1. The molecular formula is C7H9N5O2S. The summed E-state index contributed by atoms with van der Waals surface area (Å²) in [6.45, 7) is 0. The largest absolute Gasteiger partial charge is 0.382 e. The molecule has 0 aromatic carbocycles. The van der Waals surface area contributed by atoms with E-state index in [1.54, 1.807) is 11.6 Å². The molecule has 0 radical (unpaired) electrons. The Morgan fingerprint density at radius 2 is 2.07 bits per heavy atom. The van der Waals surface area contributed by atoms with Crippen LogP contribution >= 0.6 is 0 Å². The minimum absolute atomic E-state index is 0.0704. The second-order valence-corrected chi connectivity index (χ2v) is 5.10. The van der Waals surface area contributed by atoms with E-state index in [1.165, 1.54) is 6.33 Å². The lowest BCUT2D eigenvalue weighted by Gasteiger charge is -2.00. The zero-order valence-corrected chi connectivity index (χ0v) is 8.98. The maximum absolute atomic E-state index is 11.3. The van der Waals surface area contributed by atoms with Crippen LogP contribution < -0.4 is 5.73 Å². The van der Waals surface area contributed by atoms with Crippen molar-refractivity contribution in [3.63, 3.8) is 0 Å². The van der Waals surface area contributed by atoms with Crippen LogP contribution in [0.4, 0.5) is 5.82 Å². The van der Waals surface area contributed by atoms with E-state index in [9.17, 15) is 8.42 Å². The lowest BCUT2D eigenvalue weighted by molar-refractivity contribution is 0.593. The monoisotopic (exact) mass is 227 g/mol. The van der Waals surface area contributed by atoms with Crippen molar-refractivity contribution in [2.45, 2.75) is 5.16 Å². The van der Waals surface area contributed by atoms with Gasteiger partial charge in [-0.2, -0.15) is 9.97 Å². The third-order valence-electron chi connectivity index (χ3n) is 1.90. The van der Waals surface area contributed by atoms with Crippen LogP contribution in [0, 0.1) is 0 Å². The number of imidazole rings is 1. The summed E-state index contributed by atoms with van der Waals surface area (Å²) in [5.74, 6) is 0.0704. The fraction of sp³-hybridized carbons (Fsp3) is 0.286. The van der Waals surface area contributed by atoms with Gasteiger partial charge in [-0.25, -0.2) is 13.4 Å². The average Bonchev–Trinajstić information content (AvgIpc) is 2.47. The highest BCUT2D eigenvalue weighted by Crippen LogP contribution is 2.16. The Kier molecular flexibility index (Phi) is 1.90. The van der Waals surface area contributed by atoms with Gasteiger partial charge in [-0.3, -0.25) is 0 Å². The summed E-state index contributed by atoms with van der Waals surface area (Å²) in [6.07, 6.45) is 2.53. The van der Waals surface area contributed by atoms with Crippen molar-refractivity contribution in [3.8, 4) is 0 Å². The molecule has 7 nitrogen and oxygen atoms in total. The molecule has 0 bridgehead atoms. The van der Waals surface area contributed by atoms with Gasteiger partial charge in [0.2, 0.25) is 9.84 Å². The van der Waals surface area contributed by atoms with Crippen molar-refractivity contribution >= 4 is 26.8 Å². The molecule has 0 fully saturated rings. The van der Waals surface area contributed by atoms with Crippen molar-refractivity contribution in [2.24, 2.45) is 7.05 Å². The van der Waals surface area contributed by atoms with Gasteiger partial charge in [-0.05, 0) is 0 Å². The minimum atomic E-state index is -3.45. The van der Waals surface area contributed by atoms with E-state index in [2.05, 4.69) is 15.0 Å². The number of aromatic nitrogens is 4. The van der Waals surface area contributed by atoms with E-state index >= 15 is 0 Å². The quantitative estimate of drug-likeness (QED) is 0.649. The number of nitrogens with zero attached hydrogens (tertiary/aromatic N) is 4. The van der Waals surface area contributed by atoms with Crippen LogP contribution in [0.15, 0.2) is 11.5 Å². The molecule has 0 atom stereocenters. The summed E-state index contributed by atoms with van der Waals surface area (Å²) in [6, 6.07) is 0. The Morgan fingerprint density at radius 1 is 1.40 bits per heavy atom. The van der Waals surface area contributed by atoms with Crippen LogP contribution in [-0.2, 0) is 16.9 Å². The van der Waals surface area contributed by atoms with Crippen LogP contribution in [0.2, 0.25) is 0 Å². The van der Waals surface area contributed by atoms with Crippen LogP contribution in [0.3, 0.4) is 0 Å². The van der Waals surface area contributed by atoms with Gasteiger partial charge in [0.05, 0.1) is 6.33 Å². The van der Waals surface area contributed by atoms with Gasteiger partial charge in [-0.1, -0.05) is 0 Å². The topological polar surface area (TPSA) is 104 Å². The molecular weight excluding hydrogens is 218 g/mol. The molecule has 0 amide bonds. The van der Waals surface area contributed by atoms with Gasteiger partial charge in [0.1, 0.15) is 5.52 Å². The zero-order chi connectivity index (χ0) is 11.2. The predicted molar refractivity (Wildman–Crippen MR) is 53.8 cm³/mol. The Hall–Kier alpha value is -1.70. The summed E-state index contributed by atoms with van der Waals surface area (Å²) in [4.78, 5) is 11.5. The third kappa shape index (κ3) is 1.52. The third-order valence-corrected chi connectivity index (χ3v) is 2.74. The standard InChI is InChI=1S/C7H9N5O2S/c1-12-3-9-4-5(8)10-7(11-6(4)12)15(2,13)14/h3H,1-2H3,(H2,8,10,11). The number of rotatable bonds is 1. The van der Waals surface area contributed by atoms with Gasteiger partial charge >= 0.3 is 0 Å². The summed E-state index contributed by atoms with van der Waals surface area (Å²) in [5, 5.41) is -0.281. The molecule has 2 aromatic heterocycles. The van der Waals surface area contributed by atoms with Crippen molar-refractivity contribution in [3.05, 3.63) is 6.33 Å². The summed E-state index contributed by atoms with van der Waals surface area (Å²) < 4.78 is 24.1. The molecule has 0 aliphatic rings. The molecule has 2 rings (SSSR count). The predicted octanol–water partition coefficient (Wildman–Crippen LogP) is -0.651. The van der Waals surface area contributed by atoms with Crippen molar-refractivity contribution in [2.75, 3.05) is 12.0 Å². The number of aryl methyl sites for hydroxylation is 1. The summed E-state index contributed by atoms with van der Waals surface area (Å²) in [7, 11) is -1.75. The fourth-order valence-corrected chi connectivity index (χ4v) is 1.69. The van der Waals surface area contributed by atoms with E-state index in [0.29, 0.717) is 11.2 Å². The highest BCUT2D eigenvalue weighted by Gasteiger charge is 2.16. The van der Waals surface area contributed by atoms with Crippen molar-refractivity contribution in [1.29, 1.82) is 0 Å². The summed E-state index contributed by atoms with van der Waals surface area (Å²) >= 11 is 0. The highest BCUT2D eigenvalue weighted by molar-refractivity contribution is 7.90. The Labute approximate surface area is 85.9 Å². The minimum Gasteiger partial charge on any atom is -0.382 e. The van der Waals surface area contributed by atoms with Crippen LogP contribution in [0.1, 0.15) is 0 Å². The van der Waals surface area contributed by atoms with Crippen LogP contribution in [0.25, 0.3) is 11.2 Å². The molecule has 0 aliphatic heterocycles. The van der Waals surface area contributed by atoms with Crippen LogP contribution in [-0.4, -0.2) is 34.2 Å².